The highest BCUT2D eigenvalue weighted by atomic mass is 15.2. The summed E-state index contributed by atoms with van der Waals surface area (Å²) in [4.78, 5) is 9.76. The number of allylic oxidation sites excluding steroid dienone is 1. The van der Waals surface area contributed by atoms with E-state index in [0.717, 1.165) is 82.4 Å². The van der Waals surface area contributed by atoms with Crippen LogP contribution in [0, 0.1) is 5.92 Å². The summed E-state index contributed by atoms with van der Waals surface area (Å²) in [6, 6.07) is 105. The molecule has 0 atom stereocenters. The van der Waals surface area contributed by atoms with Crippen LogP contribution in [0.25, 0.3) is 29.0 Å². The van der Waals surface area contributed by atoms with E-state index in [4.69, 9.17) is 0 Å². The van der Waals surface area contributed by atoms with Gasteiger partial charge in [0.1, 0.15) is 0 Å². The van der Waals surface area contributed by atoms with E-state index in [2.05, 4.69) is 335 Å². The third kappa shape index (κ3) is 11.0. The summed E-state index contributed by atoms with van der Waals surface area (Å²) in [5.41, 5.74) is 15.9. The van der Waals surface area contributed by atoms with E-state index in [1.165, 1.54) is 33.3 Å². The van der Waals surface area contributed by atoms with Crippen LogP contribution < -0.4 is 19.6 Å². The van der Waals surface area contributed by atoms with Crippen molar-refractivity contribution in [2.45, 2.75) is 31.7 Å². The highest BCUT2D eigenvalue weighted by Gasteiger charge is 2.29. The molecule has 0 amide bonds. The maximum Gasteiger partial charge on any atom is 0.0540 e. The van der Waals surface area contributed by atoms with Gasteiger partial charge in [0.05, 0.1) is 5.69 Å². The highest BCUT2D eigenvalue weighted by Crippen LogP contribution is 2.46. The molecule has 0 bridgehead atoms. The molecule has 12 rings (SSSR count). The molecular formula is C74H62N4. The Kier molecular flexibility index (Phi) is 14.8. The third-order valence-electron chi connectivity index (χ3n) is 15.1. The predicted octanol–water partition coefficient (Wildman–Crippen LogP) is 20.8. The Labute approximate surface area is 460 Å². The van der Waals surface area contributed by atoms with Gasteiger partial charge in [0, 0.05) is 73.7 Å². The number of hydrogen-bond acceptors (Lipinski definition) is 4. The van der Waals surface area contributed by atoms with Gasteiger partial charge in [-0.2, -0.15) is 0 Å². The minimum absolute atomic E-state index is 0.295. The number of rotatable bonds is 16. The Bertz CT molecular complexity index is 3630. The fraction of sp³-hybridized carbons (Fsp3) is 0.0811. The Morgan fingerprint density at radius 2 is 0.564 bits per heavy atom. The maximum absolute atomic E-state index is 2.66. The largest absolute Gasteiger partial charge is 0.338 e. The van der Waals surface area contributed by atoms with Crippen LogP contribution in [-0.4, -0.2) is 6.04 Å². The molecule has 1 saturated carbocycles. The molecule has 1 aliphatic rings. The van der Waals surface area contributed by atoms with Gasteiger partial charge in [-0.05, 0) is 170 Å². The van der Waals surface area contributed by atoms with Crippen molar-refractivity contribution in [3.63, 3.8) is 0 Å². The summed E-state index contributed by atoms with van der Waals surface area (Å²) in [6.07, 6.45) is 13.5. The second-order valence-electron chi connectivity index (χ2n) is 20.1. The van der Waals surface area contributed by atoms with E-state index < -0.39 is 0 Å². The molecule has 0 aromatic heterocycles. The normalized spacial score (nSPS) is 14.4. The zero-order valence-electron chi connectivity index (χ0n) is 43.8. The molecule has 4 nitrogen and oxygen atoms in total. The minimum atomic E-state index is 0.295. The molecule has 11 aromatic rings. The van der Waals surface area contributed by atoms with E-state index in [1.54, 1.807) is 0 Å². The summed E-state index contributed by atoms with van der Waals surface area (Å²) >= 11 is 0. The van der Waals surface area contributed by atoms with Gasteiger partial charge in [-0.25, -0.2) is 0 Å². The number of fused-ring (bicyclic) bond motifs is 1. The lowest BCUT2D eigenvalue weighted by atomic mass is 9.84. The van der Waals surface area contributed by atoms with E-state index in [-0.39, 0.29) is 0 Å². The quantitative estimate of drug-likeness (QED) is 0.0894. The maximum atomic E-state index is 2.66. The Balaban J connectivity index is 0.953. The molecule has 0 spiro atoms. The van der Waals surface area contributed by atoms with Crippen LogP contribution >= 0.6 is 0 Å². The Morgan fingerprint density at radius 1 is 0.244 bits per heavy atom. The second kappa shape index (κ2) is 23.5. The molecule has 0 radical (unpaired) electrons. The van der Waals surface area contributed by atoms with Crippen LogP contribution in [0.4, 0.5) is 62.6 Å². The Hall–Kier alpha value is -9.64. The number of benzene rings is 11. The molecule has 0 N–H and O–H groups in total. The van der Waals surface area contributed by atoms with Crippen LogP contribution in [0.5, 0.6) is 0 Å². The molecule has 0 aliphatic heterocycles. The number of para-hydroxylation sites is 4. The number of anilines is 11. The SMILES string of the molecule is C(=Cc1ccc(N(c2ccc(N(c3ccccc3)c3ccccc3)cc2)c2cccc3c(N(c4ccc(N(c5ccccc5)c5ccccc5)cc4)C4CCC(/C=C\c5ccccc5)CC4)cccc23)cc1)c1ccccc1. The molecule has 11 aromatic carbocycles. The van der Waals surface area contributed by atoms with Crippen molar-refractivity contribution in [3.8, 4) is 0 Å². The van der Waals surface area contributed by atoms with Crippen molar-refractivity contribution >= 4 is 91.6 Å². The lowest BCUT2D eigenvalue weighted by molar-refractivity contribution is 0.373. The fourth-order valence-electron chi connectivity index (χ4n) is 11.2. The second-order valence-corrected chi connectivity index (χ2v) is 20.1. The van der Waals surface area contributed by atoms with Crippen molar-refractivity contribution in [1.29, 1.82) is 0 Å². The first kappa shape index (κ1) is 49.2. The molecule has 0 saturated heterocycles. The number of nitrogens with zero attached hydrogens (tertiary/aromatic N) is 4. The zero-order chi connectivity index (χ0) is 52.3. The van der Waals surface area contributed by atoms with Crippen LogP contribution in [-0.2, 0) is 0 Å². The first-order valence-corrected chi connectivity index (χ1v) is 27.4. The van der Waals surface area contributed by atoms with Crippen LogP contribution in [0.1, 0.15) is 42.4 Å². The minimum Gasteiger partial charge on any atom is -0.338 e. The van der Waals surface area contributed by atoms with E-state index in [0.29, 0.717) is 12.0 Å². The van der Waals surface area contributed by atoms with Crippen molar-refractivity contribution in [1.82, 2.24) is 0 Å². The van der Waals surface area contributed by atoms with Gasteiger partial charge in [-0.1, -0.05) is 194 Å². The van der Waals surface area contributed by atoms with Crippen LogP contribution in [0.2, 0.25) is 0 Å². The summed E-state index contributed by atoms with van der Waals surface area (Å²) in [5, 5.41) is 2.39. The standard InChI is InChI=1S/C74H62N4/c1-7-21-57(22-8-1)37-39-59-41-45-67(46-42-59)77(69-53-49-65(50-54-69)75(61-25-11-3-12-26-61)62-27-13-4-14-28-62)73-35-19-34-72-71(73)33-20-36-74(72)78(68-47-43-60(44-48-68)40-38-58-23-9-2-10-24-58)70-55-51-66(52-56-70)76(63-29-15-5-16-30-63)64-31-17-6-18-32-64/h1-42,45-46,49-56,60,68H,43-44,47-48H2/b39-37?,40-38-. The highest BCUT2D eigenvalue weighted by molar-refractivity contribution is 6.06. The Morgan fingerprint density at radius 3 is 1.00 bits per heavy atom. The average Bonchev–Trinajstić information content (AvgIpc) is 3.54. The summed E-state index contributed by atoms with van der Waals surface area (Å²) in [5.74, 6) is 0.530. The number of hydrogen-bond donors (Lipinski definition) is 0. The molecular weight excluding hydrogens is 945 g/mol. The van der Waals surface area contributed by atoms with Gasteiger partial charge < -0.3 is 19.6 Å². The lowest BCUT2D eigenvalue weighted by Gasteiger charge is -2.39. The smallest absolute Gasteiger partial charge is 0.0540 e. The van der Waals surface area contributed by atoms with Gasteiger partial charge in [0.2, 0.25) is 0 Å². The summed E-state index contributed by atoms with van der Waals surface area (Å²) in [6.45, 7) is 0. The predicted molar refractivity (Wildman–Crippen MR) is 333 cm³/mol. The monoisotopic (exact) mass is 1010 g/mol. The van der Waals surface area contributed by atoms with Crippen molar-refractivity contribution in [3.05, 3.63) is 314 Å². The molecule has 1 fully saturated rings. The van der Waals surface area contributed by atoms with Crippen LogP contribution in [0.3, 0.4) is 0 Å². The fourth-order valence-corrected chi connectivity index (χ4v) is 11.2. The van der Waals surface area contributed by atoms with Gasteiger partial charge in [0.15, 0.2) is 0 Å². The van der Waals surface area contributed by atoms with Gasteiger partial charge >= 0.3 is 0 Å². The van der Waals surface area contributed by atoms with E-state index in [1.807, 2.05) is 0 Å². The first-order chi connectivity index (χ1) is 38.7. The first-order valence-electron chi connectivity index (χ1n) is 27.4. The van der Waals surface area contributed by atoms with Gasteiger partial charge in [-0.15, -0.1) is 0 Å². The average molecular weight is 1010 g/mol. The van der Waals surface area contributed by atoms with Gasteiger partial charge in [-0.3, -0.25) is 0 Å². The summed E-state index contributed by atoms with van der Waals surface area (Å²) in [7, 11) is 0. The van der Waals surface area contributed by atoms with Crippen LogP contribution in [0.15, 0.2) is 297 Å². The third-order valence-corrected chi connectivity index (χ3v) is 15.1. The summed E-state index contributed by atoms with van der Waals surface area (Å²) < 4.78 is 0. The zero-order valence-corrected chi connectivity index (χ0v) is 43.8. The van der Waals surface area contributed by atoms with E-state index >= 15 is 0 Å². The van der Waals surface area contributed by atoms with Crippen molar-refractivity contribution in [2.75, 3.05) is 19.6 Å². The topological polar surface area (TPSA) is 13.0 Å². The van der Waals surface area contributed by atoms with E-state index in [9.17, 15) is 0 Å². The molecule has 1 aliphatic carbocycles. The lowest BCUT2D eigenvalue weighted by Crippen LogP contribution is -2.34. The molecule has 0 unspecified atom stereocenters. The van der Waals surface area contributed by atoms with Gasteiger partial charge in [0.25, 0.3) is 0 Å². The van der Waals surface area contributed by atoms with Crippen molar-refractivity contribution in [2.24, 2.45) is 5.92 Å². The molecule has 0 heterocycles. The van der Waals surface area contributed by atoms with Crippen molar-refractivity contribution < 1.29 is 0 Å². The molecule has 4 heteroatoms. The molecule has 378 valence electrons. The molecule has 78 heavy (non-hydrogen) atoms.